The summed E-state index contributed by atoms with van der Waals surface area (Å²) in [5.41, 5.74) is 0. The average Bonchev–Trinajstić information content (AvgIpc) is 2.41. The third-order valence-electron chi connectivity index (χ3n) is 2.37. The molecule has 0 spiro atoms. The van der Waals surface area contributed by atoms with E-state index in [0.29, 0.717) is 24.0 Å². The van der Waals surface area contributed by atoms with Gasteiger partial charge in [0.2, 0.25) is 0 Å². The highest BCUT2D eigenvalue weighted by atomic mass is 79.9. The zero-order valence-corrected chi connectivity index (χ0v) is 14.4. The molecule has 0 aliphatic carbocycles. The van der Waals surface area contributed by atoms with E-state index in [2.05, 4.69) is 21.2 Å². The maximum absolute atomic E-state index is 11.5. The number of carbonyl (C=O) groups is 1. The van der Waals surface area contributed by atoms with Gasteiger partial charge in [0.15, 0.2) is 6.61 Å². The zero-order chi connectivity index (χ0) is 15.9. The summed E-state index contributed by atoms with van der Waals surface area (Å²) >= 11 is 3.15. The quantitative estimate of drug-likeness (QED) is 0.532. The summed E-state index contributed by atoms with van der Waals surface area (Å²) in [6.45, 7) is 0.702. The molecule has 0 heterocycles. The van der Waals surface area contributed by atoms with E-state index in [0.717, 1.165) is 0 Å². The van der Waals surface area contributed by atoms with Gasteiger partial charge in [-0.05, 0) is 24.6 Å². The summed E-state index contributed by atoms with van der Waals surface area (Å²) in [5.74, 6) is -0.327. The van der Waals surface area contributed by atoms with E-state index in [9.17, 15) is 13.2 Å². The van der Waals surface area contributed by atoms with Crippen LogP contribution in [-0.4, -0.2) is 41.2 Å². The highest BCUT2D eigenvalue weighted by Gasteiger charge is 2.18. The second kappa shape index (κ2) is 8.57. The Morgan fingerprint density at radius 1 is 1.43 bits per heavy atom. The van der Waals surface area contributed by atoms with Crippen molar-refractivity contribution in [2.45, 2.75) is 11.3 Å². The Kier molecular flexibility index (Phi) is 7.44. The molecule has 0 aliphatic heterocycles. The van der Waals surface area contributed by atoms with Gasteiger partial charge in [-0.3, -0.25) is 4.79 Å². The van der Waals surface area contributed by atoms with Crippen molar-refractivity contribution < 1.29 is 22.7 Å². The van der Waals surface area contributed by atoms with Crippen molar-refractivity contribution in [2.75, 3.05) is 26.9 Å². The van der Waals surface area contributed by atoms with Crippen molar-refractivity contribution in [3.8, 4) is 5.75 Å². The Morgan fingerprint density at radius 2 is 2.14 bits per heavy atom. The minimum Gasteiger partial charge on any atom is -0.482 e. The lowest BCUT2D eigenvalue weighted by molar-refractivity contribution is -0.123. The molecule has 0 unspecified atom stereocenters. The molecule has 21 heavy (non-hydrogen) atoms. The number of amides is 1. The van der Waals surface area contributed by atoms with Crippen LogP contribution in [0.2, 0.25) is 0 Å². The lowest BCUT2D eigenvalue weighted by Gasteiger charge is -2.10. The Morgan fingerprint density at radius 3 is 2.76 bits per heavy atom. The van der Waals surface area contributed by atoms with Crippen molar-refractivity contribution in [3.63, 3.8) is 0 Å². The van der Waals surface area contributed by atoms with Gasteiger partial charge < -0.3 is 14.8 Å². The van der Waals surface area contributed by atoms with Crippen molar-refractivity contribution in [1.29, 1.82) is 0 Å². The molecular formula is C12H15BrClNO5S. The standard InChI is InChI=1S/C12H15BrClNO5S/c1-19-6-2-5-15-12(16)8-20-10-4-3-9(13)7-11(10)21(14,17)18/h3-4,7H,2,5-6,8H2,1H3,(H,15,16). The molecule has 0 saturated heterocycles. The van der Waals surface area contributed by atoms with Crippen LogP contribution in [0.4, 0.5) is 0 Å². The molecule has 0 bridgehead atoms. The Balaban J connectivity index is 2.61. The van der Waals surface area contributed by atoms with Crippen molar-refractivity contribution in [3.05, 3.63) is 22.7 Å². The Hall–Kier alpha value is -0.830. The lowest BCUT2D eigenvalue weighted by atomic mass is 10.3. The second-order valence-corrected chi connectivity index (χ2v) is 7.46. The van der Waals surface area contributed by atoms with E-state index >= 15 is 0 Å². The largest absolute Gasteiger partial charge is 0.482 e. The van der Waals surface area contributed by atoms with Crippen LogP contribution in [-0.2, 0) is 18.6 Å². The van der Waals surface area contributed by atoms with E-state index in [4.69, 9.17) is 20.2 Å². The first-order valence-corrected chi connectivity index (χ1v) is 9.07. The number of carbonyl (C=O) groups excluding carboxylic acids is 1. The van der Waals surface area contributed by atoms with Crippen LogP contribution < -0.4 is 10.1 Å². The summed E-state index contributed by atoms with van der Waals surface area (Å²) < 4.78 is 33.5. The van der Waals surface area contributed by atoms with Gasteiger partial charge in [-0.15, -0.1) is 0 Å². The molecule has 1 aromatic rings. The minimum atomic E-state index is -3.96. The molecule has 0 aliphatic rings. The van der Waals surface area contributed by atoms with Crippen LogP contribution in [0.1, 0.15) is 6.42 Å². The number of rotatable bonds is 8. The zero-order valence-electron chi connectivity index (χ0n) is 11.3. The minimum absolute atomic E-state index is 0.0280. The fraction of sp³-hybridized carbons (Fsp3) is 0.417. The van der Waals surface area contributed by atoms with E-state index in [-0.39, 0.29) is 23.2 Å². The summed E-state index contributed by atoms with van der Waals surface area (Å²) in [4.78, 5) is 11.3. The molecule has 1 rings (SSSR count). The maximum atomic E-state index is 11.5. The van der Waals surface area contributed by atoms with Gasteiger partial charge in [0.1, 0.15) is 10.6 Å². The molecule has 0 radical (unpaired) electrons. The normalized spacial score (nSPS) is 11.2. The van der Waals surface area contributed by atoms with Crippen LogP contribution in [0.15, 0.2) is 27.6 Å². The Labute approximate surface area is 136 Å². The number of ether oxygens (including phenoxy) is 2. The van der Waals surface area contributed by atoms with E-state index < -0.39 is 9.05 Å². The van der Waals surface area contributed by atoms with Gasteiger partial charge in [0, 0.05) is 35.4 Å². The number of hydrogen-bond acceptors (Lipinski definition) is 5. The predicted octanol–water partition coefficient (Wildman–Crippen LogP) is 1.91. The molecule has 118 valence electrons. The number of hydrogen-bond donors (Lipinski definition) is 1. The Bertz CT molecular complexity index is 593. The van der Waals surface area contributed by atoms with Gasteiger partial charge in [-0.1, -0.05) is 15.9 Å². The third kappa shape index (κ3) is 6.64. The molecule has 6 nitrogen and oxygen atoms in total. The summed E-state index contributed by atoms with van der Waals surface area (Å²) in [7, 11) is 2.94. The van der Waals surface area contributed by atoms with E-state index in [1.54, 1.807) is 13.2 Å². The fourth-order valence-corrected chi connectivity index (χ4v) is 2.94. The predicted molar refractivity (Wildman–Crippen MR) is 82.2 cm³/mol. The lowest BCUT2D eigenvalue weighted by Crippen LogP contribution is -2.30. The summed E-state index contributed by atoms with van der Waals surface area (Å²) in [6, 6.07) is 4.34. The van der Waals surface area contributed by atoms with Gasteiger partial charge >= 0.3 is 0 Å². The first kappa shape index (κ1) is 18.2. The number of benzene rings is 1. The van der Waals surface area contributed by atoms with Crippen LogP contribution in [0.5, 0.6) is 5.75 Å². The van der Waals surface area contributed by atoms with E-state index in [1.807, 2.05) is 0 Å². The molecular weight excluding hydrogens is 386 g/mol. The van der Waals surface area contributed by atoms with Crippen molar-refractivity contribution in [2.24, 2.45) is 0 Å². The molecule has 1 N–H and O–H groups in total. The molecule has 0 saturated carbocycles. The molecule has 0 aromatic heterocycles. The first-order chi connectivity index (χ1) is 9.84. The van der Waals surface area contributed by atoms with Gasteiger partial charge in [-0.25, -0.2) is 8.42 Å². The van der Waals surface area contributed by atoms with Gasteiger partial charge in [0.25, 0.3) is 15.0 Å². The monoisotopic (exact) mass is 399 g/mol. The number of nitrogens with one attached hydrogen (secondary N) is 1. The van der Waals surface area contributed by atoms with Crippen LogP contribution >= 0.6 is 26.6 Å². The van der Waals surface area contributed by atoms with Crippen LogP contribution in [0.25, 0.3) is 0 Å². The molecule has 1 aromatic carbocycles. The number of methoxy groups -OCH3 is 1. The topological polar surface area (TPSA) is 81.7 Å². The maximum Gasteiger partial charge on any atom is 0.265 e. The SMILES string of the molecule is COCCCNC(=O)COc1ccc(Br)cc1S(=O)(=O)Cl. The highest BCUT2D eigenvalue weighted by molar-refractivity contribution is 9.10. The molecule has 1 amide bonds. The van der Waals surface area contributed by atoms with Crippen LogP contribution in [0, 0.1) is 0 Å². The summed E-state index contributed by atoms with van der Waals surface area (Å²) in [5, 5.41) is 2.62. The van der Waals surface area contributed by atoms with Crippen molar-refractivity contribution >= 4 is 41.6 Å². The summed E-state index contributed by atoms with van der Waals surface area (Å²) in [6.07, 6.45) is 0.682. The first-order valence-electron chi connectivity index (χ1n) is 5.97. The smallest absolute Gasteiger partial charge is 0.265 e. The molecule has 0 fully saturated rings. The fourth-order valence-electron chi connectivity index (χ4n) is 1.43. The average molecular weight is 401 g/mol. The third-order valence-corrected chi connectivity index (χ3v) is 4.21. The van der Waals surface area contributed by atoms with Gasteiger partial charge in [0.05, 0.1) is 0 Å². The molecule has 9 heteroatoms. The highest BCUT2D eigenvalue weighted by Crippen LogP contribution is 2.29. The van der Waals surface area contributed by atoms with E-state index in [1.165, 1.54) is 12.1 Å². The molecule has 0 atom stereocenters. The van der Waals surface area contributed by atoms with Gasteiger partial charge in [-0.2, -0.15) is 0 Å². The second-order valence-electron chi connectivity index (χ2n) is 4.01. The van der Waals surface area contributed by atoms with Crippen LogP contribution in [0.3, 0.4) is 0 Å². The van der Waals surface area contributed by atoms with Crippen molar-refractivity contribution in [1.82, 2.24) is 5.32 Å². The number of halogens is 2.